The summed E-state index contributed by atoms with van der Waals surface area (Å²) in [5, 5.41) is 9.82. The quantitative estimate of drug-likeness (QED) is 0.630. The number of aromatic nitrogens is 2. The zero-order valence-electron chi connectivity index (χ0n) is 11.7. The Morgan fingerprint density at radius 3 is 1.67 bits per heavy atom. The van der Waals surface area contributed by atoms with Gasteiger partial charge in [0.15, 0.2) is 0 Å². The molecular formula is C13H25N5. The highest BCUT2D eigenvalue weighted by Gasteiger charge is 2.03. The highest BCUT2D eigenvalue weighted by molar-refractivity contribution is 5.52. The molecule has 1 aromatic heterocycles. The van der Waals surface area contributed by atoms with Crippen molar-refractivity contribution < 1.29 is 0 Å². The molecule has 1 aromatic rings. The first-order valence-corrected chi connectivity index (χ1v) is 6.90. The average Bonchev–Trinajstić information content (AvgIpc) is 2.40. The first-order chi connectivity index (χ1) is 8.80. The molecule has 5 nitrogen and oxygen atoms in total. The van der Waals surface area contributed by atoms with Crippen LogP contribution in [0.4, 0.5) is 17.6 Å². The Morgan fingerprint density at radius 1 is 0.778 bits per heavy atom. The lowest BCUT2D eigenvalue weighted by molar-refractivity contribution is 0.931. The Morgan fingerprint density at radius 2 is 1.22 bits per heavy atom. The van der Waals surface area contributed by atoms with E-state index in [1.165, 1.54) is 0 Å². The minimum atomic E-state index is 0.691. The van der Waals surface area contributed by atoms with Crippen molar-refractivity contribution in [2.24, 2.45) is 0 Å². The Hall–Kier alpha value is -1.52. The van der Waals surface area contributed by atoms with Gasteiger partial charge in [-0.1, -0.05) is 20.8 Å². The van der Waals surface area contributed by atoms with Crippen LogP contribution in [-0.4, -0.2) is 29.6 Å². The first kappa shape index (κ1) is 14.5. The SMILES string of the molecule is CCCNc1cc(NCCC)nc(NCCC)n1. The highest BCUT2D eigenvalue weighted by Crippen LogP contribution is 2.14. The summed E-state index contributed by atoms with van der Waals surface area (Å²) in [4.78, 5) is 8.89. The van der Waals surface area contributed by atoms with E-state index in [-0.39, 0.29) is 0 Å². The molecule has 0 aromatic carbocycles. The first-order valence-electron chi connectivity index (χ1n) is 6.90. The van der Waals surface area contributed by atoms with E-state index < -0.39 is 0 Å². The van der Waals surface area contributed by atoms with Crippen molar-refractivity contribution in [3.63, 3.8) is 0 Å². The monoisotopic (exact) mass is 251 g/mol. The number of hydrogen-bond donors (Lipinski definition) is 3. The molecule has 5 heteroatoms. The molecule has 0 aliphatic rings. The number of nitrogens with zero attached hydrogens (tertiary/aromatic N) is 2. The van der Waals surface area contributed by atoms with Gasteiger partial charge < -0.3 is 16.0 Å². The van der Waals surface area contributed by atoms with Crippen LogP contribution in [0.3, 0.4) is 0 Å². The van der Waals surface area contributed by atoms with Crippen molar-refractivity contribution in [1.29, 1.82) is 0 Å². The van der Waals surface area contributed by atoms with E-state index in [4.69, 9.17) is 0 Å². The molecule has 3 N–H and O–H groups in total. The van der Waals surface area contributed by atoms with Crippen LogP contribution in [-0.2, 0) is 0 Å². The van der Waals surface area contributed by atoms with E-state index in [0.29, 0.717) is 5.95 Å². The van der Waals surface area contributed by atoms with Crippen LogP contribution < -0.4 is 16.0 Å². The van der Waals surface area contributed by atoms with E-state index in [9.17, 15) is 0 Å². The van der Waals surface area contributed by atoms with Crippen molar-refractivity contribution in [1.82, 2.24) is 9.97 Å². The van der Waals surface area contributed by atoms with E-state index in [0.717, 1.165) is 50.5 Å². The Labute approximate surface area is 110 Å². The van der Waals surface area contributed by atoms with Gasteiger partial charge in [0.1, 0.15) is 11.6 Å². The molecule has 0 spiro atoms. The lowest BCUT2D eigenvalue weighted by Gasteiger charge is -2.11. The summed E-state index contributed by atoms with van der Waals surface area (Å²) in [7, 11) is 0. The van der Waals surface area contributed by atoms with Gasteiger partial charge in [-0.2, -0.15) is 9.97 Å². The smallest absolute Gasteiger partial charge is 0.226 e. The maximum absolute atomic E-state index is 4.44. The molecule has 0 fully saturated rings. The van der Waals surface area contributed by atoms with Crippen molar-refractivity contribution >= 4 is 17.6 Å². The van der Waals surface area contributed by atoms with Gasteiger partial charge >= 0.3 is 0 Å². The van der Waals surface area contributed by atoms with Gasteiger partial charge in [-0.3, -0.25) is 0 Å². The van der Waals surface area contributed by atoms with Crippen molar-refractivity contribution in [3.8, 4) is 0 Å². The van der Waals surface area contributed by atoms with E-state index in [1.807, 2.05) is 6.07 Å². The van der Waals surface area contributed by atoms with Crippen LogP contribution in [0.1, 0.15) is 40.0 Å². The van der Waals surface area contributed by atoms with Gasteiger partial charge in [0.05, 0.1) is 0 Å². The molecule has 1 heterocycles. The summed E-state index contributed by atoms with van der Waals surface area (Å²) in [5.74, 6) is 2.45. The summed E-state index contributed by atoms with van der Waals surface area (Å²) >= 11 is 0. The fourth-order valence-electron chi connectivity index (χ4n) is 1.45. The van der Waals surface area contributed by atoms with Crippen LogP contribution in [0.2, 0.25) is 0 Å². The average molecular weight is 251 g/mol. The third kappa shape index (κ3) is 5.21. The molecule has 18 heavy (non-hydrogen) atoms. The predicted molar refractivity (Wildman–Crippen MR) is 78.4 cm³/mol. The second-order valence-electron chi connectivity index (χ2n) is 4.24. The Kier molecular flexibility index (Phi) is 6.91. The lowest BCUT2D eigenvalue weighted by Crippen LogP contribution is -2.11. The zero-order valence-corrected chi connectivity index (χ0v) is 11.7. The molecule has 0 unspecified atom stereocenters. The number of nitrogens with one attached hydrogen (secondary N) is 3. The van der Waals surface area contributed by atoms with Gasteiger partial charge in [-0.15, -0.1) is 0 Å². The maximum atomic E-state index is 4.44. The molecule has 0 aliphatic heterocycles. The van der Waals surface area contributed by atoms with Gasteiger partial charge in [0.25, 0.3) is 0 Å². The molecule has 0 atom stereocenters. The third-order valence-electron chi connectivity index (χ3n) is 2.37. The maximum Gasteiger partial charge on any atom is 0.226 e. The summed E-state index contributed by atoms with van der Waals surface area (Å²) in [5.41, 5.74) is 0. The topological polar surface area (TPSA) is 61.9 Å². The van der Waals surface area contributed by atoms with E-state index >= 15 is 0 Å². The fourth-order valence-corrected chi connectivity index (χ4v) is 1.45. The number of hydrogen-bond acceptors (Lipinski definition) is 5. The molecule has 102 valence electrons. The summed E-state index contributed by atoms with van der Waals surface area (Å²) in [6, 6.07) is 1.96. The lowest BCUT2D eigenvalue weighted by atomic mass is 10.4. The van der Waals surface area contributed by atoms with Gasteiger partial charge in [-0.05, 0) is 19.3 Å². The molecule has 1 rings (SSSR count). The van der Waals surface area contributed by atoms with Crippen LogP contribution in [0.25, 0.3) is 0 Å². The van der Waals surface area contributed by atoms with E-state index in [1.54, 1.807) is 0 Å². The predicted octanol–water partition coefficient (Wildman–Crippen LogP) is 2.94. The van der Waals surface area contributed by atoms with Gasteiger partial charge in [0, 0.05) is 25.7 Å². The number of anilines is 3. The third-order valence-corrected chi connectivity index (χ3v) is 2.37. The minimum Gasteiger partial charge on any atom is -0.370 e. The molecular weight excluding hydrogens is 226 g/mol. The Balaban J connectivity index is 2.74. The second kappa shape index (κ2) is 8.55. The normalized spacial score (nSPS) is 10.2. The van der Waals surface area contributed by atoms with Crippen LogP contribution in [0, 0.1) is 0 Å². The van der Waals surface area contributed by atoms with Gasteiger partial charge in [0.2, 0.25) is 5.95 Å². The molecule has 0 saturated heterocycles. The number of rotatable bonds is 9. The molecule has 0 radical (unpaired) electrons. The highest BCUT2D eigenvalue weighted by atomic mass is 15.2. The summed E-state index contributed by atoms with van der Waals surface area (Å²) < 4.78 is 0. The van der Waals surface area contributed by atoms with Crippen LogP contribution in [0.15, 0.2) is 6.07 Å². The van der Waals surface area contributed by atoms with Crippen molar-refractivity contribution in [3.05, 3.63) is 6.07 Å². The largest absolute Gasteiger partial charge is 0.370 e. The summed E-state index contributed by atoms with van der Waals surface area (Å²) in [6.07, 6.45) is 3.23. The second-order valence-corrected chi connectivity index (χ2v) is 4.24. The molecule has 0 amide bonds. The molecule has 0 saturated carbocycles. The molecule has 0 bridgehead atoms. The fraction of sp³-hybridized carbons (Fsp3) is 0.692. The van der Waals surface area contributed by atoms with Gasteiger partial charge in [-0.25, -0.2) is 0 Å². The standard InChI is InChI=1S/C13H25N5/c1-4-7-14-11-10-12(15-8-5-2)18-13(17-11)16-9-6-3/h10H,4-9H2,1-3H3,(H3,14,15,16,17,18). The minimum absolute atomic E-state index is 0.691. The van der Waals surface area contributed by atoms with E-state index in [2.05, 4.69) is 46.7 Å². The van der Waals surface area contributed by atoms with Crippen molar-refractivity contribution in [2.45, 2.75) is 40.0 Å². The molecule has 0 aliphatic carbocycles. The van der Waals surface area contributed by atoms with Crippen LogP contribution >= 0.6 is 0 Å². The van der Waals surface area contributed by atoms with Crippen LogP contribution in [0.5, 0.6) is 0 Å². The summed E-state index contributed by atoms with van der Waals surface area (Å²) in [6.45, 7) is 9.16. The Bertz CT molecular complexity index is 275. The van der Waals surface area contributed by atoms with Crippen molar-refractivity contribution in [2.75, 3.05) is 35.6 Å². The zero-order chi connectivity index (χ0) is 13.2.